The van der Waals surface area contributed by atoms with E-state index in [1.54, 1.807) is 0 Å². The van der Waals surface area contributed by atoms with Crippen LogP contribution < -0.4 is 0 Å². The summed E-state index contributed by atoms with van der Waals surface area (Å²) in [5, 5.41) is 28.5. The van der Waals surface area contributed by atoms with Gasteiger partial charge in [0.25, 0.3) is 0 Å². The van der Waals surface area contributed by atoms with Crippen LogP contribution in [-0.2, 0) is 19.1 Å². The SMILES string of the molecule is CCCCCCCCCCCCCCC(C(=O)O)C(CCCCCCCCCCCCCC)C(=O)OC(=O)C(O)CO. The molecule has 0 rings (SSSR count). The Hall–Kier alpha value is -1.47. The molecule has 3 N–H and O–H groups in total. The molecule has 248 valence electrons. The van der Waals surface area contributed by atoms with Crippen LogP contribution in [0.4, 0.5) is 0 Å². The summed E-state index contributed by atoms with van der Waals surface area (Å²) in [5.41, 5.74) is 0. The highest BCUT2D eigenvalue weighted by Crippen LogP contribution is 2.27. The third-order valence-corrected chi connectivity index (χ3v) is 8.49. The first-order valence-electron chi connectivity index (χ1n) is 17.7. The van der Waals surface area contributed by atoms with Crippen molar-refractivity contribution in [3.05, 3.63) is 0 Å². The van der Waals surface area contributed by atoms with E-state index in [4.69, 9.17) is 9.84 Å². The van der Waals surface area contributed by atoms with Gasteiger partial charge in [-0.25, -0.2) is 4.79 Å². The van der Waals surface area contributed by atoms with Gasteiger partial charge < -0.3 is 20.1 Å². The normalized spacial score (nSPS) is 13.5. The summed E-state index contributed by atoms with van der Waals surface area (Å²) in [7, 11) is 0. The first-order chi connectivity index (χ1) is 20.4. The molecule has 0 radical (unpaired) electrons. The summed E-state index contributed by atoms with van der Waals surface area (Å²) in [6.07, 6.45) is 27.1. The van der Waals surface area contributed by atoms with Gasteiger partial charge in [0, 0.05) is 0 Å². The number of carboxylic acids is 1. The number of rotatable bonds is 31. The molecule has 3 unspecified atom stereocenters. The predicted octanol–water partition coefficient (Wildman–Crippen LogP) is 8.91. The molecule has 0 saturated carbocycles. The first kappa shape index (κ1) is 40.5. The van der Waals surface area contributed by atoms with Crippen molar-refractivity contribution in [2.75, 3.05) is 6.61 Å². The molecule has 0 aliphatic heterocycles. The number of aliphatic hydroxyl groups is 2. The van der Waals surface area contributed by atoms with Gasteiger partial charge in [-0.15, -0.1) is 0 Å². The van der Waals surface area contributed by atoms with Gasteiger partial charge in [0.1, 0.15) is 0 Å². The number of unbranched alkanes of at least 4 members (excludes halogenated alkanes) is 22. The summed E-state index contributed by atoms with van der Waals surface area (Å²) in [6.45, 7) is 3.61. The lowest BCUT2D eigenvalue weighted by molar-refractivity contribution is -0.173. The van der Waals surface area contributed by atoms with Gasteiger partial charge >= 0.3 is 17.9 Å². The molecular formula is C35H66O7. The first-order valence-corrected chi connectivity index (χ1v) is 17.7. The van der Waals surface area contributed by atoms with Crippen LogP contribution in [0, 0.1) is 11.8 Å². The Morgan fingerprint density at radius 1 is 0.500 bits per heavy atom. The van der Waals surface area contributed by atoms with Crippen LogP contribution in [0.5, 0.6) is 0 Å². The summed E-state index contributed by atoms with van der Waals surface area (Å²) in [6, 6.07) is 0. The molecule has 0 aromatic heterocycles. The molecule has 0 bridgehead atoms. The van der Waals surface area contributed by atoms with E-state index in [2.05, 4.69) is 13.8 Å². The van der Waals surface area contributed by atoms with Crippen LogP contribution >= 0.6 is 0 Å². The van der Waals surface area contributed by atoms with Crippen LogP contribution in [0.25, 0.3) is 0 Å². The Morgan fingerprint density at radius 2 is 0.810 bits per heavy atom. The van der Waals surface area contributed by atoms with Crippen molar-refractivity contribution in [1.82, 2.24) is 0 Å². The van der Waals surface area contributed by atoms with Crippen molar-refractivity contribution in [3.63, 3.8) is 0 Å². The van der Waals surface area contributed by atoms with Gasteiger partial charge in [-0.3, -0.25) is 9.59 Å². The van der Waals surface area contributed by atoms with Gasteiger partial charge in [-0.2, -0.15) is 0 Å². The molecule has 0 aliphatic rings. The zero-order valence-electron chi connectivity index (χ0n) is 27.3. The average molecular weight is 599 g/mol. The van der Waals surface area contributed by atoms with Crippen molar-refractivity contribution in [3.8, 4) is 0 Å². The molecule has 0 fully saturated rings. The Balaban J connectivity index is 4.53. The van der Waals surface area contributed by atoms with Gasteiger partial charge in [0.15, 0.2) is 6.10 Å². The Morgan fingerprint density at radius 3 is 1.12 bits per heavy atom. The smallest absolute Gasteiger partial charge is 0.345 e. The van der Waals surface area contributed by atoms with Crippen molar-refractivity contribution in [1.29, 1.82) is 0 Å². The highest BCUT2D eigenvalue weighted by molar-refractivity contribution is 5.91. The second kappa shape index (κ2) is 29.6. The Labute approximate surface area is 257 Å². The minimum atomic E-state index is -1.80. The van der Waals surface area contributed by atoms with Crippen molar-refractivity contribution in [2.45, 2.75) is 187 Å². The van der Waals surface area contributed by atoms with Gasteiger partial charge in [0.05, 0.1) is 18.4 Å². The van der Waals surface area contributed by atoms with Gasteiger partial charge in [-0.05, 0) is 12.8 Å². The number of hydrogen-bond donors (Lipinski definition) is 3. The molecule has 0 saturated heterocycles. The molecule has 0 aromatic rings. The fraction of sp³-hybridized carbons (Fsp3) is 0.914. The van der Waals surface area contributed by atoms with Crippen molar-refractivity contribution < 1.29 is 34.4 Å². The Kier molecular flexibility index (Phi) is 28.6. The molecule has 0 aromatic carbocycles. The average Bonchev–Trinajstić information content (AvgIpc) is 2.97. The highest BCUT2D eigenvalue weighted by atomic mass is 16.6. The quantitative estimate of drug-likeness (QED) is 0.0414. The summed E-state index contributed by atoms with van der Waals surface area (Å²) >= 11 is 0. The van der Waals surface area contributed by atoms with Crippen LogP contribution in [0.15, 0.2) is 0 Å². The lowest BCUT2D eigenvalue weighted by Gasteiger charge is -2.22. The van der Waals surface area contributed by atoms with Crippen molar-refractivity contribution in [2.24, 2.45) is 11.8 Å². The van der Waals surface area contributed by atoms with Gasteiger partial charge in [0.2, 0.25) is 0 Å². The maximum Gasteiger partial charge on any atom is 0.345 e. The maximum absolute atomic E-state index is 12.9. The van der Waals surface area contributed by atoms with E-state index < -0.39 is 42.5 Å². The van der Waals surface area contributed by atoms with Crippen LogP contribution in [0.3, 0.4) is 0 Å². The highest BCUT2D eigenvalue weighted by Gasteiger charge is 2.36. The maximum atomic E-state index is 12.9. The van der Waals surface area contributed by atoms with Crippen LogP contribution in [0.2, 0.25) is 0 Å². The van der Waals surface area contributed by atoms with Crippen LogP contribution in [0.1, 0.15) is 181 Å². The van der Waals surface area contributed by atoms with E-state index in [1.165, 1.54) is 103 Å². The van der Waals surface area contributed by atoms with E-state index >= 15 is 0 Å². The zero-order valence-corrected chi connectivity index (χ0v) is 27.3. The monoisotopic (exact) mass is 598 g/mol. The van der Waals surface area contributed by atoms with E-state index in [0.717, 1.165) is 38.5 Å². The molecule has 7 nitrogen and oxygen atoms in total. The van der Waals surface area contributed by atoms with E-state index in [0.29, 0.717) is 25.7 Å². The lowest BCUT2D eigenvalue weighted by atomic mass is 9.83. The molecule has 0 heterocycles. The number of ether oxygens (including phenoxy) is 1. The molecule has 0 aliphatic carbocycles. The molecule has 3 atom stereocenters. The second-order valence-electron chi connectivity index (χ2n) is 12.3. The number of esters is 2. The lowest BCUT2D eigenvalue weighted by Crippen LogP contribution is -2.36. The summed E-state index contributed by atoms with van der Waals surface area (Å²) in [4.78, 5) is 37.0. The zero-order chi connectivity index (χ0) is 31.3. The van der Waals surface area contributed by atoms with Crippen LogP contribution in [-0.4, -0.2) is 45.9 Å². The van der Waals surface area contributed by atoms with E-state index in [-0.39, 0.29) is 0 Å². The topological polar surface area (TPSA) is 121 Å². The molecular weight excluding hydrogens is 532 g/mol. The molecule has 7 heteroatoms. The second-order valence-corrected chi connectivity index (χ2v) is 12.3. The number of aliphatic carboxylic acids is 1. The largest absolute Gasteiger partial charge is 0.481 e. The minimum Gasteiger partial charge on any atom is -0.481 e. The third kappa shape index (κ3) is 23.0. The standard InChI is InChI=1S/C35H66O7/c1-3-5-7-9-11-13-15-17-19-21-23-25-27-30(33(38)39)31(34(40)42-35(41)32(37)29-36)28-26-24-22-20-18-16-14-12-10-8-6-4-2/h30-32,36-37H,3-29H2,1-2H3,(H,38,39). The predicted molar refractivity (Wildman–Crippen MR) is 170 cm³/mol. The Bertz CT molecular complexity index is 651. The number of carbonyl (C=O) groups excluding carboxylic acids is 2. The summed E-state index contributed by atoms with van der Waals surface area (Å²) < 4.78 is 4.82. The number of carbonyl (C=O) groups is 3. The number of aliphatic hydroxyl groups excluding tert-OH is 2. The van der Waals surface area contributed by atoms with Crippen molar-refractivity contribution >= 4 is 17.9 Å². The fourth-order valence-electron chi connectivity index (χ4n) is 5.71. The molecule has 0 spiro atoms. The molecule has 42 heavy (non-hydrogen) atoms. The van der Waals surface area contributed by atoms with E-state index in [1.807, 2.05) is 0 Å². The van der Waals surface area contributed by atoms with Gasteiger partial charge in [-0.1, -0.05) is 168 Å². The fourth-order valence-corrected chi connectivity index (χ4v) is 5.71. The number of carboxylic acid groups (broad SMARTS) is 1. The third-order valence-electron chi connectivity index (χ3n) is 8.49. The number of hydrogen-bond acceptors (Lipinski definition) is 6. The summed E-state index contributed by atoms with van der Waals surface area (Å²) in [5.74, 6) is -5.03. The minimum absolute atomic E-state index is 0.341. The van der Waals surface area contributed by atoms with E-state index in [9.17, 15) is 24.6 Å². The molecule has 0 amide bonds.